The van der Waals surface area contributed by atoms with E-state index in [4.69, 9.17) is 15.2 Å². The van der Waals surface area contributed by atoms with Crippen molar-refractivity contribution in [2.45, 2.75) is 24.5 Å². The molecule has 2 heterocycles. The average Bonchev–Trinajstić information content (AvgIpc) is 3.46. The quantitative estimate of drug-likeness (QED) is 0.145. The fraction of sp³-hybridized carbons (Fsp3) is 0.152. The maximum absolute atomic E-state index is 13.5. The van der Waals surface area contributed by atoms with E-state index in [2.05, 4.69) is 15.4 Å². The van der Waals surface area contributed by atoms with E-state index < -0.39 is 12.1 Å². The third-order valence-electron chi connectivity index (χ3n) is 6.72. The molecule has 2 aromatic heterocycles. The van der Waals surface area contributed by atoms with E-state index in [0.717, 1.165) is 27.1 Å². The normalized spacial score (nSPS) is 11.5. The number of carbonyl (C=O) groups is 2. The highest BCUT2D eigenvalue weighted by atomic mass is 32.2. The third kappa shape index (κ3) is 7.22. The summed E-state index contributed by atoms with van der Waals surface area (Å²) in [6, 6.07) is 23.5. The molecular weight excluding hydrogens is 562 g/mol. The molecule has 0 aliphatic carbocycles. The summed E-state index contributed by atoms with van der Waals surface area (Å²) < 4.78 is 13.6. The van der Waals surface area contributed by atoms with Crippen molar-refractivity contribution in [3.8, 4) is 16.9 Å². The summed E-state index contributed by atoms with van der Waals surface area (Å²) in [5.74, 6) is -0.570. The number of carbonyl (C=O) groups excluding carboxylic acids is 2. The molecule has 5 rings (SSSR count). The van der Waals surface area contributed by atoms with E-state index >= 15 is 0 Å². The Bertz CT molecular complexity index is 1760. The van der Waals surface area contributed by atoms with Gasteiger partial charge in [-0.25, -0.2) is 9.78 Å². The van der Waals surface area contributed by atoms with Crippen LogP contribution in [-0.4, -0.2) is 32.9 Å². The molecule has 0 saturated carbocycles. The Balaban J connectivity index is 1.43. The van der Waals surface area contributed by atoms with Crippen molar-refractivity contribution in [3.05, 3.63) is 120 Å². The zero-order valence-electron chi connectivity index (χ0n) is 24.0. The van der Waals surface area contributed by atoms with Gasteiger partial charge < -0.3 is 20.5 Å². The Morgan fingerprint density at radius 3 is 2.56 bits per heavy atom. The Labute approximate surface area is 254 Å². The summed E-state index contributed by atoms with van der Waals surface area (Å²) in [5.41, 5.74) is 11.1. The number of anilines is 2. The molecule has 43 heavy (non-hydrogen) atoms. The monoisotopic (exact) mass is 593 g/mol. The number of nitrogen functional groups attached to an aromatic ring is 1. The number of aryl methyl sites for hydroxylation is 2. The first-order valence-electron chi connectivity index (χ1n) is 13.5. The number of aromatic nitrogens is 3. The number of benzene rings is 3. The van der Waals surface area contributed by atoms with E-state index in [0.29, 0.717) is 16.8 Å². The molecule has 1 amide bonds. The molecule has 9 nitrogen and oxygen atoms in total. The second kappa shape index (κ2) is 13.3. The molecule has 0 bridgehead atoms. The number of thioether (sulfide) groups is 1. The van der Waals surface area contributed by atoms with E-state index in [1.54, 1.807) is 65.2 Å². The van der Waals surface area contributed by atoms with Crippen LogP contribution in [0.5, 0.6) is 5.75 Å². The largest absolute Gasteiger partial charge is 0.470 e. The van der Waals surface area contributed by atoms with Gasteiger partial charge in [-0.2, -0.15) is 5.10 Å². The Kier molecular flexibility index (Phi) is 9.07. The lowest BCUT2D eigenvalue weighted by molar-refractivity contribution is -0.153. The molecule has 0 saturated heterocycles. The molecule has 1 unspecified atom stereocenters. The number of esters is 1. The van der Waals surface area contributed by atoms with Crippen LogP contribution in [0.15, 0.2) is 102 Å². The Hall–Kier alpha value is -5.09. The van der Waals surface area contributed by atoms with Crippen LogP contribution in [-0.2, 0) is 23.2 Å². The Morgan fingerprint density at radius 2 is 1.81 bits per heavy atom. The van der Waals surface area contributed by atoms with Crippen LogP contribution in [0, 0.1) is 6.92 Å². The van der Waals surface area contributed by atoms with Crippen molar-refractivity contribution in [1.82, 2.24) is 14.8 Å². The maximum Gasteiger partial charge on any atom is 0.352 e. The zero-order valence-corrected chi connectivity index (χ0v) is 24.8. The number of ether oxygens (including phenoxy) is 2. The molecule has 0 spiro atoms. The van der Waals surface area contributed by atoms with Crippen LogP contribution in [0.4, 0.5) is 11.5 Å². The molecule has 3 N–H and O–H groups in total. The molecule has 3 aromatic carbocycles. The summed E-state index contributed by atoms with van der Waals surface area (Å²) in [6.07, 6.45) is 5.93. The number of nitrogens with two attached hydrogens (primary N) is 1. The van der Waals surface area contributed by atoms with E-state index in [1.807, 2.05) is 68.9 Å². The van der Waals surface area contributed by atoms with Gasteiger partial charge in [0.1, 0.15) is 6.61 Å². The van der Waals surface area contributed by atoms with Crippen LogP contribution in [0.3, 0.4) is 0 Å². The predicted octanol–water partition coefficient (Wildman–Crippen LogP) is 6.21. The van der Waals surface area contributed by atoms with Gasteiger partial charge in [0.15, 0.2) is 11.6 Å². The molecule has 0 aliphatic heterocycles. The van der Waals surface area contributed by atoms with Crippen LogP contribution >= 0.6 is 11.8 Å². The highest BCUT2D eigenvalue weighted by molar-refractivity contribution is 7.98. The van der Waals surface area contributed by atoms with Gasteiger partial charge >= 0.3 is 5.97 Å². The van der Waals surface area contributed by atoms with Crippen LogP contribution in [0.2, 0.25) is 0 Å². The number of rotatable bonds is 10. The van der Waals surface area contributed by atoms with Crippen molar-refractivity contribution in [1.29, 1.82) is 0 Å². The molecule has 1 atom stereocenters. The van der Waals surface area contributed by atoms with Gasteiger partial charge in [0.05, 0.1) is 6.20 Å². The smallest absolute Gasteiger partial charge is 0.352 e. The fourth-order valence-corrected chi connectivity index (χ4v) is 5.04. The van der Waals surface area contributed by atoms with Gasteiger partial charge in [-0.15, -0.1) is 11.8 Å². The molecule has 5 aromatic rings. The lowest BCUT2D eigenvalue weighted by Gasteiger charge is -2.20. The second-order valence-corrected chi connectivity index (χ2v) is 10.7. The third-order valence-corrected chi connectivity index (χ3v) is 7.60. The number of amides is 1. The molecule has 0 aliphatic rings. The second-order valence-electron chi connectivity index (χ2n) is 9.87. The summed E-state index contributed by atoms with van der Waals surface area (Å²) in [4.78, 5) is 31.9. The van der Waals surface area contributed by atoms with Crippen LogP contribution in [0.25, 0.3) is 11.1 Å². The highest BCUT2D eigenvalue weighted by Crippen LogP contribution is 2.32. The lowest BCUT2D eigenvalue weighted by Crippen LogP contribution is -2.22. The number of nitrogens with one attached hydrogen (secondary N) is 1. The minimum atomic E-state index is -1.20. The minimum Gasteiger partial charge on any atom is -0.470 e. The van der Waals surface area contributed by atoms with E-state index in [1.165, 1.54) is 0 Å². The standard InChI is InChI=1S/C33H31N5O4S/c1-21-12-13-24(16-29(21)43-3)32(39)37-27-11-7-10-23(14-27)30(33(40)41-20-22-8-5-4-6-9-22)42-28-15-25(17-35-31(28)34)26-18-36-38(2)19-26/h4-19,30H,20H2,1-3H3,(H2,34,35)(H,37,39). The topological polar surface area (TPSA) is 121 Å². The Morgan fingerprint density at radius 1 is 1.00 bits per heavy atom. The van der Waals surface area contributed by atoms with Crippen LogP contribution in [0.1, 0.15) is 33.2 Å². The van der Waals surface area contributed by atoms with E-state index in [9.17, 15) is 9.59 Å². The average molecular weight is 594 g/mol. The first-order valence-corrected chi connectivity index (χ1v) is 14.7. The number of hydrogen-bond donors (Lipinski definition) is 2. The summed E-state index contributed by atoms with van der Waals surface area (Å²) in [6.45, 7) is 2.06. The maximum atomic E-state index is 13.5. The van der Waals surface area contributed by atoms with Gasteiger partial charge in [0, 0.05) is 52.3 Å². The first-order chi connectivity index (χ1) is 20.8. The minimum absolute atomic E-state index is 0.0601. The number of hydrogen-bond acceptors (Lipinski definition) is 8. The summed E-state index contributed by atoms with van der Waals surface area (Å²) >= 11 is 1.58. The lowest BCUT2D eigenvalue weighted by atomic mass is 10.1. The van der Waals surface area contributed by atoms with Crippen molar-refractivity contribution in [2.24, 2.45) is 7.05 Å². The number of nitrogens with zero attached hydrogens (tertiary/aromatic N) is 3. The van der Waals surface area contributed by atoms with Crippen molar-refractivity contribution in [3.63, 3.8) is 0 Å². The van der Waals surface area contributed by atoms with Gasteiger partial charge in [0.25, 0.3) is 5.91 Å². The molecule has 0 radical (unpaired) electrons. The number of pyridine rings is 1. The van der Waals surface area contributed by atoms with Crippen molar-refractivity contribution >= 4 is 35.1 Å². The van der Waals surface area contributed by atoms with Crippen molar-refractivity contribution < 1.29 is 19.1 Å². The highest BCUT2D eigenvalue weighted by Gasteiger charge is 2.27. The molecule has 0 fully saturated rings. The fourth-order valence-electron chi connectivity index (χ4n) is 4.41. The summed E-state index contributed by atoms with van der Waals surface area (Å²) in [5, 5.41) is 7.14. The SMILES string of the molecule is CSc1cc(C(=O)Nc2cccc(C(Oc3cc(-c4cnn(C)c4)cnc3N)C(=O)OCc3ccccc3)c2)ccc1C. The van der Waals surface area contributed by atoms with Crippen LogP contribution < -0.4 is 15.8 Å². The van der Waals surface area contributed by atoms with Gasteiger partial charge in [-0.3, -0.25) is 9.48 Å². The van der Waals surface area contributed by atoms with Gasteiger partial charge in [-0.1, -0.05) is 48.5 Å². The summed E-state index contributed by atoms with van der Waals surface area (Å²) in [7, 11) is 1.82. The van der Waals surface area contributed by atoms with Crippen molar-refractivity contribution in [2.75, 3.05) is 17.3 Å². The van der Waals surface area contributed by atoms with E-state index in [-0.39, 0.29) is 24.1 Å². The zero-order chi connectivity index (χ0) is 30.3. The first kappa shape index (κ1) is 29.4. The molecule has 218 valence electrons. The van der Waals surface area contributed by atoms with Gasteiger partial charge in [0.2, 0.25) is 6.10 Å². The molecular formula is C33H31N5O4S. The molecule has 10 heteroatoms. The predicted molar refractivity (Wildman–Crippen MR) is 168 cm³/mol. The van der Waals surface area contributed by atoms with Gasteiger partial charge in [-0.05, 0) is 54.6 Å².